The van der Waals surface area contributed by atoms with Crippen LogP contribution in [-0.2, 0) is 21.7 Å². The Kier molecular flexibility index (Phi) is 13.7. The second-order valence-corrected chi connectivity index (χ2v) is 19.7. The van der Waals surface area contributed by atoms with Gasteiger partial charge in [-0.2, -0.15) is 0 Å². The molecular weight excluding hydrogens is 697 g/mol. The van der Waals surface area contributed by atoms with Gasteiger partial charge in [0.05, 0.1) is 0 Å². The van der Waals surface area contributed by atoms with Crippen molar-refractivity contribution in [3.8, 4) is 0 Å². The van der Waals surface area contributed by atoms with E-state index in [1.165, 1.54) is 154 Å². The first-order chi connectivity index (χ1) is 28.4. The Morgan fingerprint density at radius 1 is 0.276 bits per heavy atom. The molecule has 314 valence electrons. The maximum absolute atomic E-state index is 2.97. The van der Waals surface area contributed by atoms with Crippen LogP contribution in [0.2, 0.25) is 0 Å². The average molecular weight is 779 g/mol. The lowest BCUT2D eigenvalue weighted by Crippen LogP contribution is -2.30. The van der Waals surface area contributed by atoms with Gasteiger partial charge in [-0.3, -0.25) is 0 Å². The summed E-state index contributed by atoms with van der Waals surface area (Å²) in [7, 11) is 0. The molecule has 0 bridgehead atoms. The van der Waals surface area contributed by atoms with E-state index in [1.807, 2.05) is 0 Å². The van der Waals surface area contributed by atoms with Crippen LogP contribution in [0.3, 0.4) is 0 Å². The van der Waals surface area contributed by atoms with Crippen LogP contribution in [-0.4, -0.2) is 0 Å². The zero-order valence-corrected chi connectivity index (χ0v) is 38.7. The topological polar surface area (TPSA) is 0 Å². The zero-order valence-electron chi connectivity index (χ0n) is 38.7. The first-order valence-electron chi connectivity index (χ1n) is 25.3. The molecule has 0 radical (unpaired) electrons. The molecular formula is C58H82. The van der Waals surface area contributed by atoms with E-state index in [2.05, 4.69) is 116 Å². The Labute approximate surface area is 357 Å². The van der Waals surface area contributed by atoms with Gasteiger partial charge in [0.25, 0.3) is 0 Å². The SMILES string of the molecule is CCCCC1(CCCC)C2=C(c3ccccc31)C(CCCC)(CCCC)c1cc3c(cc12)C(CCCC)(CCCC)C1=C3C(CCCC)(CCCC)c2ccccc21. The number of allylic oxidation sites excluding steroid dienone is 4. The fourth-order valence-corrected chi connectivity index (χ4v) is 13.5. The molecule has 0 heterocycles. The lowest BCUT2D eigenvalue weighted by atomic mass is 9.63. The van der Waals surface area contributed by atoms with Crippen molar-refractivity contribution in [2.45, 2.75) is 231 Å². The van der Waals surface area contributed by atoms with Gasteiger partial charge in [-0.25, -0.2) is 0 Å². The van der Waals surface area contributed by atoms with Gasteiger partial charge in [0.1, 0.15) is 0 Å². The molecule has 0 saturated heterocycles. The summed E-state index contributed by atoms with van der Waals surface area (Å²) in [6.07, 6.45) is 30.7. The molecule has 0 heteroatoms. The summed E-state index contributed by atoms with van der Waals surface area (Å²) in [4.78, 5) is 0. The number of benzene rings is 3. The molecule has 7 rings (SSSR count). The lowest BCUT2D eigenvalue weighted by Gasteiger charge is -2.40. The van der Waals surface area contributed by atoms with Crippen molar-refractivity contribution < 1.29 is 0 Å². The summed E-state index contributed by atoms with van der Waals surface area (Å²) in [5.74, 6) is 0. The molecule has 0 spiro atoms. The molecule has 3 aromatic rings. The minimum Gasteiger partial charge on any atom is -0.0654 e. The van der Waals surface area contributed by atoms with Crippen LogP contribution in [0, 0.1) is 0 Å². The first kappa shape index (κ1) is 43.2. The van der Waals surface area contributed by atoms with Gasteiger partial charge in [0.2, 0.25) is 0 Å². The minimum atomic E-state index is 0.0712. The highest BCUT2D eigenvalue weighted by molar-refractivity contribution is 6.14. The summed E-state index contributed by atoms with van der Waals surface area (Å²) >= 11 is 0. The summed E-state index contributed by atoms with van der Waals surface area (Å²) in [6, 6.07) is 25.8. The van der Waals surface area contributed by atoms with Crippen molar-refractivity contribution >= 4 is 22.3 Å². The molecule has 4 aliphatic carbocycles. The van der Waals surface area contributed by atoms with Crippen molar-refractivity contribution in [3.05, 3.63) is 105 Å². The monoisotopic (exact) mass is 779 g/mol. The molecule has 0 nitrogen and oxygen atoms in total. The van der Waals surface area contributed by atoms with Crippen LogP contribution in [0.4, 0.5) is 0 Å². The number of unbranched alkanes of at least 4 members (excludes halogenated alkanes) is 8. The van der Waals surface area contributed by atoms with E-state index in [4.69, 9.17) is 0 Å². The summed E-state index contributed by atoms with van der Waals surface area (Å²) in [5, 5.41) is 0. The van der Waals surface area contributed by atoms with E-state index < -0.39 is 0 Å². The lowest BCUT2D eigenvalue weighted by molar-refractivity contribution is 0.429. The minimum absolute atomic E-state index is 0.0712. The highest BCUT2D eigenvalue weighted by Crippen LogP contribution is 2.72. The van der Waals surface area contributed by atoms with Gasteiger partial charge in [-0.05, 0) is 130 Å². The average Bonchev–Trinajstić information content (AvgIpc) is 3.91. The third-order valence-electron chi connectivity index (χ3n) is 16.2. The summed E-state index contributed by atoms with van der Waals surface area (Å²) in [5.41, 5.74) is 21.0. The van der Waals surface area contributed by atoms with Crippen LogP contribution < -0.4 is 0 Å². The quantitative estimate of drug-likeness (QED) is 0.0850. The maximum atomic E-state index is 2.97. The van der Waals surface area contributed by atoms with Gasteiger partial charge in [-0.15, -0.1) is 0 Å². The third-order valence-corrected chi connectivity index (χ3v) is 16.2. The number of hydrogen-bond acceptors (Lipinski definition) is 0. The standard InChI is InChI=1S/C58H82/c1-9-17-33-55(34-18-10-2)47-31-27-25-29-43(47)51-53(55)45-41-50-46(42-49(45)57(51,37-21-13-5)38-22-14-6)54-52(58(50,39-23-15-7)40-24-16-8)44-30-26-28-32-48(44)56(54,35-19-11-3)36-20-12-4/h25-32,41-42H,9-24,33-40H2,1-8H3. The molecule has 0 saturated carbocycles. The Hall–Kier alpha value is -2.86. The predicted molar refractivity (Wildman–Crippen MR) is 256 cm³/mol. The Morgan fingerprint density at radius 2 is 0.500 bits per heavy atom. The number of fused-ring (bicyclic) bond motifs is 8. The third kappa shape index (κ3) is 6.67. The molecule has 0 aromatic heterocycles. The molecule has 0 N–H and O–H groups in total. The molecule has 58 heavy (non-hydrogen) atoms. The van der Waals surface area contributed by atoms with E-state index in [-0.39, 0.29) is 21.7 Å². The van der Waals surface area contributed by atoms with Crippen LogP contribution in [0.1, 0.15) is 254 Å². The maximum Gasteiger partial charge on any atom is 0.0218 e. The van der Waals surface area contributed by atoms with Crippen molar-refractivity contribution in [2.75, 3.05) is 0 Å². The van der Waals surface area contributed by atoms with Gasteiger partial charge >= 0.3 is 0 Å². The Balaban J connectivity index is 1.62. The van der Waals surface area contributed by atoms with Crippen molar-refractivity contribution in [1.82, 2.24) is 0 Å². The molecule has 0 aliphatic heterocycles. The van der Waals surface area contributed by atoms with Gasteiger partial charge < -0.3 is 0 Å². The van der Waals surface area contributed by atoms with Crippen LogP contribution in [0.5, 0.6) is 0 Å². The van der Waals surface area contributed by atoms with Crippen LogP contribution >= 0.6 is 0 Å². The second-order valence-electron chi connectivity index (χ2n) is 19.7. The van der Waals surface area contributed by atoms with E-state index in [0.29, 0.717) is 0 Å². The molecule has 0 unspecified atom stereocenters. The molecule has 4 aliphatic rings. The molecule has 0 fully saturated rings. The molecule has 0 atom stereocenters. The van der Waals surface area contributed by atoms with Gasteiger partial charge in [0.15, 0.2) is 0 Å². The van der Waals surface area contributed by atoms with E-state index in [9.17, 15) is 0 Å². The first-order valence-corrected chi connectivity index (χ1v) is 25.3. The van der Waals surface area contributed by atoms with Crippen molar-refractivity contribution in [2.24, 2.45) is 0 Å². The molecule has 0 amide bonds. The zero-order chi connectivity index (χ0) is 41.0. The Bertz CT molecular complexity index is 1770. The Morgan fingerprint density at radius 3 is 0.759 bits per heavy atom. The predicted octanol–water partition coefficient (Wildman–Crippen LogP) is 18.0. The smallest absolute Gasteiger partial charge is 0.0218 e. The van der Waals surface area contributed by atoms with Crippen molar-refractivity contribution in [1.29, 1.82) is 0 Å². The van der Waals surface area contributed by atoms with Crippen LogP contribution in [0.25, 0.3) is 22.3 Å². The second kappa shape index (κ2) is 18.4. The molecule has 3 aromatic carbocycles. The van der Waals surface area contributed by atoms with Crippen LogP contribution in [0.15, 0.2) is 60.7 Å². The van der Waals surface area contributed by atoms with E-state index in [1.54, 1.807) is 66.8 Å². The van der Waals surface area contributed by atoms with E-state index in [0.717, 1.165) is 0 Å². The largest absolute Gasteiger partial charge is 0.0654 e. The van der Waals surface area contributed by atoms with E-state index >= 15 is 0 Å². The highest BCUT2D eigenvalue weighted by Gasteiger charge is 2.59. The van der Waals surface area contributed by atoms with Crippen molar-refractivity contribution in [3.63, 3.8) is 0 Å². The van der Waals surface area contributed by atoms with Gasteiger partial charge in [0, 0.05) is 21.7 Å². The van der Waals surface area contributed by atoms with Gasteiger partial charge in [-0.1, -0.05) is 207 Å². The highest BCUT2D eigenvalue weighted by atomic mass is 14.6. The fourth-order valence-electron chi connectivity index (χ4n) is 13.5. The summed E-state index contributed by atoms with van der Waals surface area (Å²) < 4.78 is 0. The number of rotatable bonds is 24. The summed E-state index contributed by atoms with van der Waals surface area (Å²) in [6.45, 7) is 19.5. The fraction of sp³-hybridized carbons (Fsp3) is 0.621. The normalized spacial score (nSPS) is 18.3. The number of hydrogen-bond donors (Lipinski definition) is 0.